The Morgan fingerprint density at radius 2 is 2.12 bits per heavy atom. The van der Waals surface area contributed by atoms with E-state index in [2.05, 4.69) is 48.2 Å². The molecule has 0 saturated carbocycles. The predicted molar refractivity (Wildman–Crippen MR) is 66.7 cm³/mol. The van der Waals surface area contributed by atoms with Gasteiger partial charge in [0.25, 0.3) is 0 Å². The maximum absolute atomic E-state index is 9.50. The van der Waals surface area contributed by atoms with Gasteiger partial charge in [0.2, 0.25) is 0 Å². The minimum absolute atomic E-state index is 0.133. The highest BCUT2D eigenvalue weighted by Crippen LogP contribution is 2.21. The third kappa shape index (κ3) is 2.54. The number of aliphatic hydroxyl groups excluding tert-OH is 1. The van der Waals surface area contributed by atoms with Gasteiger partial charge in [-0.15, -0.1) is 0 Å². The molecule has 0 amide bonds. The molecule has 1 aliphatic rings. The van der Waals surface area contributed by atoms with E-state index in [0.717, 1.165) is 26.1 Å². The first-order valence-electron chi connectivity index (χ1n) is 5.82. The van der Waals surface area contributed by atoms with Crippen molar-refractivity contribution in [2.75, 3.05) is 32.1 Å². The highest BCUT2D eigenvalue weighted by molar-refractivity contribution is 5.52. The number of hydrogen-bond acceptors (Lipinski definition) is 3. The van der Waals surface area contributed by atoms with E-state index in [1.165, 1.54) is 11.3 Å². The Hall–Kier alpha value is -1.06. The van der Waals surface area contributed by atoms with Gasteiger partial charge in [0.1, 0.15) is 0 Å². The van der Waals surface area contributed by atoms with Crippen LogP contribution in [0.25, 0.3) is 0 Å². The molecule has 88 valence electrons. The number of hydrogen-bond donors (Lipinski definition) is 1. The fourth-order valence-corrected chi connectivity index (χ4v) is 2.28. The molecule has 0 radical (unpaired) electrons. The molecule has 1 fully saturated rings. The van der Waals surface area contributed by atoms with Crippen LogP contribution in [0.4, 0.5) is 5.69 Å². The van der Waals surface area contributed by atoms with Crippen molar-refractivity contribution >= 4 is 5.69 Å². The van der Waals surface area contributed by atoms with Crippen LogP contribution >= 0.6 is 0 Å². The summed E-state index contributed by atoms with van der Waals surface area (Å²) < 4.78 is 0. The normalized spacial score (nSPS) is 21.3. The Labute approximate surface area is 97.3 Å². The van der Waals surface area contributed by atoms with Gasteiger partial charge >= 0.3 is 0 Å². The van der Waals surface area contributed by atoms with E-state index in [9.17, 15) is 5.11 Å². The lowest BCUT2D eigenvalue weighted by molar-refractivity contribution is 0.175. The molecule has 3 heteroatoms. The number of benzene rings is 1. The summed E-state index contributed by atoms with van der Waals surface area (Å²) in [6.07, 6.45) is 0.774. The van der Waals surface area contributed by atoms with Crippen LogP contribution < -0.4 is 4.90 Å². The molecule has 1 aliphatic heterocycles. The molecule has 0 aromatic heterocycles. The molecule has 0 spiro atoms. The molecule has 16 heavy (non-hydrogen) atoms. The summed E-state index contributed by atoms with van der Waals surface area (Å²) in [5.74, 6) is 0. The smallest absolute Gasteiger partial charge is 0.0679 e. The van der Waals surface area contributed by atoms with Gasteiger partial charge in [-0.05, 0) is 18.1 Å². The molecule has 0 bridgehead atoms. The second-order valence-electron chi connectivity index (χ2n) is 4.70. The first-order chi connectivity index (χ1) is 7.66. The monoisotopic (exact) mass is 220 g/mol. The Bertz CT molecular complexity index is 352. The molecule has 1 aromatic carbocycles. The van der Waals surface area contributed by atoms with Crippen LogP contribution in [0.3, 0.4) is 0 Å². The average Bonchev–Trinajstić information content (AvgIpc) is 2.64. The molecule has 3 nitrogen and oxygen atoms in total. The first kappa shape index (κ1) is 11.4. The van der Waals surface area contributed by atoms with Gasteiger partial charge in [0.15, 0.2) is 0 Å². The number of likely N-dealkylation sites (tertiary alicyclic amines) is 1. The lowest BCUT2D eigenvalue weighted by Crippen LogP contribution is -2.23. The molecule has 2 rings (SSSR count). The van der Waals surface area contributed by atoms with Gasteiger partial charge in [-0.3, -0.25) is 4.90 Å². The van der Waals surface area contributed by atoms with Gasteiger partial charge in [-0.25, -0.2) is 0 Å². The van der Waals surface area contributed by atoms with E-state index in [-0.39, 0.29) is 6.10 Å². The van der Waals surface area contributed by atoms with Crippen molar-refractivity contribution < 1.29 is 5.11 Å². The maximum atomic E-state index is 9.50. The first-order valence-corrected chi connectivity index (χ1v) is 5.82. The summed E-state index contributed by atoms with van der Waals surface area (Å²) in [6.45, 7) is 2.75. The maximum Gasteiger partial charge on any atom is 0.0679 e. The molecule has 1 saturated heterocycles. The van der Waals surface area contributed by atoms with Gasteiger partial charge < -0.3 is 10.0 Å². The van der Waals surface area contributed by atoms with E-state index in [0.29, 0.717) is 0 Å². The van der Waals surface area contributed by atoms with E-state index in [4.69, 9.17) is 0 Å². The van der Waals surface area contributed by atoms with Gasteiger partial charge in [-0.1, -0.05) is 18.2 Å². The second-order valence-corrected chi connectivity index (χ2v) is 4.70. The second kappa shape index (κ2) is 4.85. The van der Waals surface area contributed by atoms with Crippen LogP contribution in [0, 0.1) is 0 Å². The number of rotatable bonds is 3. The molecule has 1 N–H and O–H groups in total. The van der Waals surface area contributed by atoms with Crippen molar-refractivity contribution in [3.63, 3.8) is 0 Å². The molecule has 1 atom stereocenters. The fraction of sp³-hybridized carbons (Fsp3) is 0.538. The van der Waals surface area contributed by atoms with E-state index in [1.54, 1.807) is 0 Å². The number of anilines is 1. The van der Waals surface area contributed by atoms with Crippen molar-refractivity contribution in [2.45, 2.75) is 19.1 Å². The molecule has 1 aromatic rings. The minimum Gasteiger partial charge on any atom is -0.392 e. The SMILES string of the molecule is CN(C)c1ccccc1CN1CC[C@@H](O)C1. The van der Waals surface area contributed by atoms with E-state index < -0.39 is 0 Å². The van der Waals surface area contributed by atoms with Crippen molar-refractivity contribution in [1.29, 1.82) is 0 Å². The van der Waals surface area contributed by atoms with Gasteiger partial charge in [-0.2, -0.15) is 0 Å². The predicted octanol–water partition coefficient (Wildman–Crippen LogP) is 1.32. The van der Waals surface area contributed by atoms with Crippen LogP contribution in [0.1, 0.15) is 12.0 Å². The largest absolute Gasteiger partial charge is 0.392 e. The quantitative estimate of drug-likeness (QED) is 0.832. The Morgan fingerprint density at radius 3 is 2.75 bits per heavy atom. The Balaban J connectivity index is 2.09. The highest BCUT2D eigenvalue weighted by atomic mass is 16.3. The van der Waals surface area contributed by atoms with Crippen LogP contribution in [0.2, 0.25) is 0 Å². The summed E-state index contributed by atoms with van der Waals surface area (Å²) in [7, 11) is 4.13. The van der Waals surface area contributed by atoms with Gasteiger partial charge in [0.05, 0.1) is 6.10 Å². The zero-order valence-electron chi connectivity index (χ0n) is 10.1. The zero-order chi connectivity index (χ0) is 11.5. The van der Waals surface area contributed by atoms with Crippen LogP contribution in [-0.4, -0.2) is 43.3 Å². The number of para-hydroxylation sites is 1. The summed E-state index contributed by atoms with van der Waals surface area (Å²) in [5.41, 5.74) is 2.60. The highest BCUT2D eigenvalue weighted by Gasteiger charge is 2.20. The summed E-state index contributed by atoms with van der Waals surface area (Å²) in [4.78, 5) is 4.45. The number of β-amino-alcohol motifs (C(OH)–C–C–N with tert-alkyl or cyclic N) is 1. The fourth-order valence-electron chi connectivity index (χ4n) is 2.28. The summed E-state index contributed by atoms with van der Waals surface area (Å²) in [6, 6.07) is 8.45. The zero-order valence-corrected chi connectivity index (χ0v) is 10.1. The minimum atomic E-state index is -0.133. The summed E-state index contributed by atoms with van der Waals surface area (Å²) in [5, 5.41) is 9.50. The Kier molecular flexibility index (Phi) is 3.46. The van der Waals surface area contributed by atoms with Crippen molar-refractivity contribution in [2.24, 2.45) is 0 Å². The lowest BCUT2D eigenvalue weighted by atomic mass is 10.1. The van der Waals surface area contributed by atoms with Crippen molar-refractivity contribution in [1.82, 2.24) is 4.90 Å². The van der Waals surface area contributed by atoms with Crippen molar-refractivity contribution in [3.05, 3.63) is 29.8 Å². The van der Waals surface area contributed by atoms with Crippen LogP contribution in [0.15, 0.2) is 24.3 Å². The summed E-state index contributed by atoms with van der Waals surface area (Å²) >= 11 is 0. The van der Waals surface area contributed by atoms with Gasteiger partial charge in [0, 0.05) is 39.4 Å². The molecule has 0 unspecified atom stereocenters. The molecule has 1 heterocycles. The Morgan fingerprint density at radius 1 is 1.38 bits per heavy atom. The number of nitrogens with zero attached hydrogens (tertiary/aromatic N) is 2. The molecular weight excluding hydrogens is 200 g/mol. The third-order valence-electron chi connectivity index (χ3n) is 3.11. The standard InChI is InChI=1S/C13H20N2O/c1-14(2)13-6-4-3-5-11(13)9-15-8-7-12(16)10-15/h3-6,12,16H,7-10H2,1-2H3/t12-/m1/s1. The number of aliphatic hydroxyl groups is 1. The topological polar surface area (TPSA) is 26.7 Å². The van der Waals surface area contributed by atoms with Crippen LogP contribution in [0.5, 0.6) is 0 Å². The van der Waals surface area contributed by atoms with E-state index >= 15 is 0 Å². The van der Waals surface area contributed by atoms with Crippen molar-refractivity contribution in [3.8, 4) is 0 Å². The molecule has 0 aliphatic carbocycles. The lowest BCUT2D eigenvalue weighted by Gasteiger charge is -2.21. The van der Waals surface area contributed by atoms with E-state index in [1.807, 2.05) is 0 Å². The third-order valence-corrected chi connectivity index (χ3v) is 3.11. The molecular formula is C13H20N2O. The van der Waals surface area contributed by atoms with Crippen LogP contribution in [-0.2, 0) is 6.54 Å². The average molecular weight is 220 g/mol.